The fraction of sp³-hybridized carbons (Fsp3) is 0.125. The number of aryl methyl sites for hydroxylation is 3. The molecule has 1 amide bonds. The third kappa shape index (κ3) is 4.11. The van der Waals surface area contributed by atoms with E-state index in [0.717, 1.165) is 22.4 Å². The lowest BCUT2D eigenvalue weighted by atomic mass is 10.1. The lowest BCUT2D eigenvalue weighted by molar-refractivity contribution is 0.101. The van der Waals surface area contributed by atoms with Gasteiger partial charge in [-0.3, -0.25) is 4.79 Å². The molecule has 1 N–H and O–H groups in total. The predicted molar refractivity (Wildman–Crippen MR) is 120 cm³/mol. The molecule has 1 aromatic heterocycles. The summed E-state index contributed by atoms with van der Waals surface area (Å²) in [4.78, 5) is 17.4. The highest BCUT2D eigenvalue weighted by molar-refractivity contribution is 6.30. The van der Waals surface area contributed by atoms with Crippen LogP contribution in [0.4, 0.5) is 5.69 Å². The van der Waals surface area contributed by atoms with Crippen LogP contribution in [0.15, 0.2) is 66.7 Å². The van der Waals surface area contributed by atoms with Crippen molar-refractivity contribution in [2.45, 2.75) is 20.8 Å². The quantitative estimate of drug-likeness (QED) is 0.459. The van der Waals surface area contributed by atoms with Crippen LogP contribution in [-0.2, 0) is 0 Å². The summed E-state index contributed by atoms with van der Waals surface area (Å²) in [5.74, 6) is 0.298. The standard InChI is InChI=1S/C24H21ClN4O/c1-15-7-10-18(11-8-15)23-27-22(24(30)26-20-6-4-5-19(25)14-20)28-29(23)21-12-9-16(2)17(3)13-21/h4-14H,1-3H3,(H,26,30). The van der Waals surface area contributed by atoms with Crippen molar-refractivity contribution in [1.82, 2.24) is 14.8 Å². The van der Waals surface area contributed by atoms with E-state index in [4.69, 9.17) is 11.6 Å². The lowest BCUT2D eigenvalue weighted by Crippen LogP contribution is -2.14. The van der Waals surface area contributed by atoms with Crippen LogP contribution in [-0.4, -0.2) is 20.7 Å². The van der Waals surface area contributed by atoms with Crippen molar-refractivity contribution in [2.24, 2.45) is 0 Å². The highest BCUT2D eigenvalue weighted by Gasteiger charge is 2.19. The number of nitrogens with zero attached hydrogens (tertiary/aromatic N) is 3. The summed E-state index contributed by atoms with van der Waals surface area (Å²) in [5.41, 5.74) is 5.80. The van der Waals surface area contributed by atoms with Gasteiger partial charge in [0.25, 0.3) is 5.91 Å². The minimum atomic E-state index is -0.395. The van der Waals surface area contributed by atoms with Crippen LogP contribution < -0.4 is 5.32 Å². The number of carbonyl (C=O) groups excluding carboxylic acids is 1. The Morgan fingerprint density at radius 1 is 0.933 bits per heavy atom. The molecule has 0 spiro atoms. The van der Waals surface area contributed by atoms with Gasteiger partial charge in [-0.05, 0) is 62.2 Å². The van der Waals surface area contributed by atoms with Crippen LogP contribution in [0.3, 0.4) is 0 Å². The Morgan fingerprint density at radius 2 is 1.70 bits per heavy atom. The first kappa shape index (κ1) is 19.9. The first-order valence-electron chi connectivity index (χ1n) is 9.59. The first-order valence-corrected chi connectivity index (χ1v) is 9.97. The van der Waals surface area contributed by atoms with Gasteiger partial charge in [0.2, 0.25) is 5.82 Å². The van der Waals surface area contributed by atoms with E-state index in [1.165, 1.54) is 5.56 Å². The fourth-order valence-corrected chi connectivity index (χ4v) is 3.28. The molecule has 1 heterocycles. The van der Waals surface area contributed by atoms with Crippen LogP contribution in [0.2, 0.25) is 5.02 Å². The third-order valence-corrected chi connectivity index (χ3v) is 5.17. The minimum Gasteiger partial charge on any atom is -0.319 e. The third-order valence-electron chi connectivity index (χ3n) is 4.94. The molecular formula is C24H21ClN4O. The fourth-order valence-electron chi connectivity index (χ4n) is 3.09. The van der Waals surface area contributed by atoms with Gasteiger partial charge in [-0.15, -0.1) is 5.10 Å². The van der Waals surface area contributed by atoms with Crippen LogP contribution in [0.1, 0.15) is 27.3 Å². The van der Waals surface area contributed by atoms with Gasteiger partial charge in [0.15, 0.2) is 5.82 Å². The zero-order chi connectivity index (χ0) is 21.3. The van der Waals surface area contributed by atoms with E-state index >= 15 is 0 Å². The molecule has 30 heavy (non-hydrogen) atoms. The van der Waals surface area contributed by atoms with E-state index in [2.05, 4.69) is 22.3 Å². The molecule has 6 heteroatoms. The maximum absolute atomic E-state index is 12.8. The summed E-state index contributed by atoms with van der Waals surface area (Å²) in [7, 11) is 0. The minimum absolute atomic E-state index is 0.0868. The largest absolute Gasteiger partial charge is 0.319 e. The van der Waals surface area contributed by atoms with E-state index in [9.17, 15) is 4.79 Å². The molecule has 0 unspecified atom stereocenters. The van der Waals surface area contributed by atoms with Gasteiger partial charge in [0, 0.05) is 16.3 Å². The molecule has 0 saturated carbocycles. The predicted octanol–water partition coefficient (Wildman–Crippen LogP) is 5.77. The second-order valence-electron chi connectivity index (χ2n) is 7.27. The zero-order valence-corrected chi connectivity index (χ0v) is 17.7. The van der Waals surface area contributed by atoms with Crippen LogP contribution in [0.25, 0.3) is 17.1 Å². The zero-order valence-electron chi connectivity index (χ0n) is 17.0. The molecule has 4 aromatic rings. The van der Waals surface area contributed by atoms with Crippen molar-refractivity contribution >= 4 is 23.2 Å². The summed E-state index contributed by atoms with van der Waals surface area (Å²) in [6.07, 6.45) is 0. The molecule has 3 aromatic carbocycles. The van der Waals surface area contributed by atoms with E-state index < -0.39 is 5.91 Å². The van der Waals surface area contributed by atoms with E-state index in [0.29, 0.717) is 16.5 Å². The number of hydrogen-bond donors (Lipinski definition) is 1. The van der Waals surface area contributed by atoms with Crippen molar-refractivity contribution in [2.75, 3.05) is 5.32 Å². The van der Waals surface area contributed by atoms with Crippen molar-refractivity contribution in [3.05, 3.63) is 94.3 Å². The Labute approximate surface area is 180 Å². The number of amides is 1. The van der Waals surface area contributed by atoms with Gasteiger partial charge in [-0.25, -0.2) is 9.67 Å². The van der Waals surface area contributed by atoms with Crippen molar-refractivity contribution in [3.63, 3.8) is 0 Å². The summed E-state index contributed by atoms with van der Waals surface area (Å²) in [6, 6.07) is 21.0. The Balaban J connectivity index is 1.77. The molecule has 0 fully saturated rings. The monoisotopic (exact) mass is 416 g/mol. The van der Waals surface area contributed by atoms with E-state index in [1.807, 2.05) is 56.3 Å². The SMILES string of the molecule is Cc1ccc(-c2nc(C(=O)Nc3cccc(Cl)c3)nn2-c2ccc(C)c(C)c2)cc1. The maximum atomic E-state index is 12.8. The highest BCUT2D eigenvalue weighted by atomic mass is 35.5. The first-order chi connectivity index (χ1) is 14.4. The van der Waals surface area contributed by atoms with Crippen LogP contribution in [0, 0.1) is 20.8 Å². The molecular weight excluding hydrogens is 396 g/mol. The molecule has 0 bridgehead atoms. The van der Waals surface area contributed by atoms with Crippen molar-refractivity contribution < 1.29 is 4.79 Å². The topological polar surface area (TPSA) is 59.8 Å². The summed E-state index contributed by atoms with van der Waals surface area (Å²) >= 11 is 6.02. The van der Waals surface area contributed by atoms with Crippen LogP contribution >= 0.6 is 11.6 Å². The number of halogens is 1. The second-order valence-corrected chi connectivity index (χ2v) is 7.71. The van der Waals surface area contributed by atoms with E-state index in [-0.39, 0.29) is 5.82 Å². The van der Waals surface area contributed by atoms with Gasteiger partial charge in [-0.2, -0.15) is 0 Å². The van der Waals surface area contributed by atoms with E-state index in [1.54, 1.807) is 28.9 Å². The van der Waals surface area contributed by atoms with Gasteiger partial charge in [-0.1, -0.05) is 53.6 Å². The molecule has 4 rings (SSSR count). The number of rotatable bonds is 4. The number of hydrogen-bond acceptors (Lipinski definition) is 3. The Hall–Kier alpha value is -3.44. The number of benzene rings is 3. The van der Waals surface area contributed by atoms with Gasteiger partial charge in [0.1, 0.15) is 0 Å². The van der Waals surface area contributed by atoms with Gasteiger partial charge >= 0.3 is 0 Å². The maximum Gasteiger partial charge on any atom is 0.295 e. The Morgan fingerprint density at radius 3 is 2.40 bits per heavy atom. The highest BCUT2D eigenvalue weighted by Crippen LogP contribution is 2.24. The molecule has 0 aliphatic carbocycles. The molecule has 150 valence electrons. The number of aromatic nitrogens is 3. The average Bonchev–Trinajstić information content (AvgIpc) is 3.16. The average molecular weight is 417 g/mol. The summed E-state index contributed by atoms with van der Waals surface area (Å²) < 4.78 is 1.71. The summed E-state index contributed by atoms with van der Waals surface area (Å²) in [6.45, 7) is 6.14. The number of carbonyl (C=O) groups is 1. The lowest BCUT2D eigenvalue weighted by Gasteiger charge is -2.08. The molecule has 0 radical (unpaired) electrons. The van der Waals surface area contributed by atoms with Crippen molar-refractivity contribution in [3.8, 4) is 17.1 Å². The Kier molecular flexibility index (Phi) is 5.38. The second kappa shape index (κ2) is 8.13. The molecule has 5 nitrogen and oxygen atoms in total. The smallest absolute Gasteiger partial charge is 0.295 e. The number of anilines is 1. The summed E-state index contributed by atoms with van der Waals surface area (Å²) in [5, 5.41) is 7.88. The van der Waals surface area contributed by atoms with Crippen LogP contribution in [0.5, 0.6) is 0 Å². The molecule has 0 atom stereocenters. The normalized spacial score (nSPS) is 10.8. The van der Waals surface area contributed by atoms with Gasteiger partial charge in [0.05, 0.1) is 5.69 Å². The number of nitrogens with one attached hydrogen (secondary N) is 1. The van der Waals surface area contributed by atoms with Gasteiger partial charge < -0.3 is 5.32 Å². The Bertz CT molecular complexity index is 1230. The molecule has 0 saturated heterocycles. The molecule has 0 aliphatic rings. The van der Waals surface area contributed by atoms with Crippen molar-refractivity contribution in [1.29, 1.82) is 0 Å². The molecule has 0 aliphatic heterocycles.